The topological polar surface area (TPSA) is 95.9 Å². The summed E-state index contributed by atoms with van der Waals surface area (Å²) in [4.78, 5) is 24.5. The van der Waals surface area contributed by atoms with Crippen LogP contribution in [0.2, 0.25) is 0 Å². The monoisotopic (exact) mass is 954 g/mol. The lowest BCUT2D eigenvalue weighted by atomic mass is 10.0. The van der Waals surface area contributed by atoms with E-state index in [1.165, 1.54) is 205 Å². The number of hydrogen-bond acceptors (Lipinski definition) is 5. The zero-order valence-electron chi connectivity index (χ0n) is 45.3. The maximum absolute atomic E-state index is 12.5. The maximum Gasteiger partial charge on any atom is 0.305 e. The normalized spacial score (nSPS) is 12.9. The highest BCUT2D eigenvalue weighted by Crippen LogP contribution is 2.16. The Morgan fingerprint density at radius 1 is 0.412 bits per heavy atom. The number of hydrogen-bond donors (Lipinski definition) is 3. The number of ether oxygens (including phenoxy) is 1. The Bertz CT molecular complexity index is 1150. The van der Waals surface area contributed by atoms with Crippen LogP contribution in [-0.4, -0.2) is 47.4 Å². The van der Waals surface area contributed by atoms with Gasteiger partial charge in [-0.05, 0) is 89.9 Å². The number of amides is 1. The van der Waals surface area contributed by atoms with E-state index in [1.807, 2.05) is 6.08 Å². The molecule has 0 fully saturated rings. The van der Waals surface area contributed by atoms with Crippen molar-refractivity contribution in [2.45, 2.75) is 321 Å². The van der Waals surface area contributed by atoms with E-state index < -0.39 is 12.1 Å². The second-order valence-corrected chi connectivity index (χ2v) is 20.3. The minimum absolute atomic E-state index is 0.0218. The van der Waals surface area contributed by atoms with Gasteiger partial charge in [-0.25, -0.2) is 0 Å². The molecule has 0 radical (unpaired) electrons. The number of unbranched alkanes of at least 4 members (excludes halogenated alkanes) is 39. The molecule has 2 unspecified atom stereocenters. The average molecular weight is 955 g/mol. The Hall–Kier alpha value is -2.18. The van der Waals surface area contributed by atoms with Crippen LogP contribution >= 0.6 is 0 Å². The molecule has 0 aromatic rings. The van der Waals surface area contributed by atoms with Crippen molar-refractivity contribution < 1.29 is 24.5 Å². The summed E-state index contributed by atoms with van der Waals surface area (Å²) in [5, 5.41) is 23.1. The number of carbonyl (C=O) groups excluding carboxylic acids is 2. The fourth-order valence-electron chi connectivity index (χ4n) is 8.97. The summed E-state index contributed by atoms with van der Waals surface area (Å²) >= 11 is 0. The molecule has 398 valence electrons. The van der Waals surface area contributed by atoms with Gasteiger partial charge in [0.05, 0.1) is 25.4 Å². The Morgan fingerprint density at radius 2 is 0.735 bits per heavy atom. The number of allylic oxidation sites excluding steroid dienone is 7. The third-order valence-corrected chi connectivity index (χ3v) is 13.6. The van der Waals surface area contributed by atoms with Gasteiger partial charge < -0.3 is 20.3 Å². The first-order valence-corrected chi connectivity index (χ1v) is 29.9. The van der Waals surface area contributed by atoms with Crippen LogP contribution in [0, 0.1) is 0 Å². The largest absolute Gasteiger partial charge is 0.466 e. The summed E-state index contributed by atoms with van der Waals surface area (Å²) in [5.74, 6) is -0.0994. The molecule has 0 aromatic carbocycles. The van der Waals surface area contributed by atoms with Crippen molar-refractivity contribution >= 4 is 11.9 Å². The number of aliphatic hydroxyl groups is 2. The second-order valence-electron chi connectivity index (χ2n) is 20.3. The third-order valence-electron chi connectivity index (χ3n) is 13.6. The Kier molecular flexibility index (Phi) is 55.6. The van der Waals surface area contributed by atoms with Crippen LogP contribution < -0.4 is 5.32 Å². The molecule has 0 spiro atoms. The van der Waals surface area contributed by atoms with E-state index in [4.69, 9.17) is 4.74 Å². The molecule has 0 bridgehead atoms. The summed E-state index contributed by atoms with van der Waals surface area (Å²) < 4.78 is 5.45. The fraction of sp³-hybridized carbons (Fsp3) is 0.839. The summed E-state index contributed by atoms with van der Waals surface area (Å²) in [6.45, 7) is 4.86. The third kappa shape index (κ3) is 53.2. The molecule has 3 N–H and O–H groups in total. The van der Waals surface area contributed by atoms with Gasteiger partial charge in [-0.15, -0.1) is 0 Å². The predicted octanol–water partition coefficient (Wildman–Crippen LogP) is 18.6. The highest BCUT2D eigenvalue weighted by atomic mass is 16.5. The Labute approximate surface area is 423 Å². The lowest BCUT2D eigenvalue weighted by Crippen LogP contribution is -2.45. The van der Waals surface area contributed by atoms with Gasteiger partial charge in [0, 0.05) is 12.8 Å². The number of carbonyl (C=O) groups is 2. The first-order valence-electron chi connectivity index (χ1n) is 29.9. The van der Waals surface area contributed by atoms with Gasteiger partial charge in [0.1, 0.15) is 0 Å². The van der Waals surface area contributed by atoms with Crippen LogP contribution in [0.4, 0.5) is 0 Å². The standard InChI is InChI=1S/C62H115NO5/c1-3-5-7-9-11-13-15-17-19-26-30-34-38-42-46-50-54-60(65)59(58-64)63-61(66)55-51-47-43-39-35-31-27-24-22-21-23-25-29-33-37-41-45-49-53-57-68-62(67)56-52-48-44-40-36-32-28-20-18-16-14-12-10-8-6-4-2/h20,25,28-29,33,37,50,54,59-60,64-65H,3-19,21-24,26-27,30-32,34-36,38-49,51-53,55-58H2,1-2H3,(H,63,66)/b28-20-,29-25-,37-33-,54-50+. The zero-order chi connectivity index (χ0) is 49.3. The van der Waals surface area contributed by atoms with Crippen molar-refractivity contribution in [3.8, 4) is 0 Å². The van der Waals surface area contributed by atoms with Crippen molar-refractivity contribution in [3.05, 3.63) is 48.6 Å². The lowest BCUT2D eigenvalue weighted by molar-refractivity contribution is -0.143. The maximum atomic E-state index is 12.5. The van der Waals surface area contributed by atoms with Crippen molar-refractivity contribution in [2.24, 2.45) is 0 Å². The van der Waals surface area contributed by atoms with Gasteiger partial charge in [-0.2, -0.15) is 0 Å². The Morgan fingerprint density at radius 3 is 1.13 bits per heavy atom. The number of esters is 1. The van der Waals surface area contributed by atoms with E-state index in [0.29, 0.717) is 19.4 Å². The summed E-state index contributed by atoms with van der Waals surface area (Å²) in [5.41, 5.74) is 0. The van der Waals surface area contributed by atoms with Crippen LogP contribution in [0.3, 0.4) is 0 Å². The quantitative estimate of drug-likeness (QED) is 0.0244. The summed E-state index contributed by atoms with van der Waals surface area (Å²) in [6.07, 6.45) is 72.8. The Balaban J connectivity index is 3.51. The van der Waals surface area contributed by atoms with Gasteiger partial charge in [-0.1, -0.05) is 255 Å². The molecule has 0 aliphatic rings. The van der Waals surface area contributed by atoms with E-state index in [2.05, 4.69) is 55.6 Å². The highest BCUT2D eigenvalue weighted by Gasteiger charge is 2.18. The van der Waals surface area contributed by atoms with Gasteiger partial charge >= 0.3 is 5.97 Å². The van der Waals surface area contributed by atoms with E-state index in [9.17, 15) is 19.8 Å². The second kappa shape index (κ2) is 57.4. The van der Waals surface area contributed by atoms with Crippen LogP contribution in [0.5, 0.6) is 0 Å². The molecule has 1 amide bonds. The molecule has 6 heteroatoms. The van der Waals surface area contributed by atoms with Crippen molar-refractivity contribution in [1.29, 1.82) is 0 Å². The van der Waals surface area contributed by atoms with Crippen LogP contribution in [0.1, 0.15) is 309 Å². The first-order chi connectivity index (χ1) is 33.5. The van der Waals surface area contributed by atoms with Gasteiger partial charge in [0.25, 0.3) is 0 Å². The number of nitrogens with one attached hydrogen (secondary N) is 1. The van der Waals surface area contributed by atoms with Gasteiger partial charge in [-0.3, -0.25) is 9.59 Å². The molecular formula is C62H115NO5. The predicted molar refractivity (Wildman–Crippen MR) is 296 cm³/mol. The van der Waals surface area contributed by atoms with E-state index in [0.717, 1.165) is 77.0 Å². The molecular weight excluding hydrogens is 839 g/mol. The fourth-order valence-corrected chi connectivity index (χ4v) is 8.97. The first kappa shape index (κ1) is 65.8. The lowest BCUT2D eigenvalue weighted by Gasteiger charge is -2.20. The highest BCUT2D eigenvalue weighted by molar-refractivity contribution is 5.76. The molecule has 0 aliphatic heterocycles. The van der Waals surface area contributed by atoms with Crippen LogP contribution in [0.15, 0.2) is 48.6 Å². The molecule has 0 aliphatic carbocycles. The van der Waals surface area contributed by atoms with Crippen LogP contribution in [-0.2, 0) is 14.3 Å². The molecule has 0 saturated heterocycles. The summed E-state index contributed by atoms with van der Waals surface area (Å²) in [7, 11) is 0. The SMILES string of the molecule is CCCCCCCCC/C=C\CCCCCCCC(=O)OCCCCC/C=C\C=C/CCCCCCCCCCCCC(=O)NC(CO)C(O)/C=C/CCCCCCCCCCCCCCCC. The van der Waals surface area contributed by atoms with Gasteiger partial charge in [0.2, 0.25) is 5.91 Å². The van der Waals surface area contributed by atoms with Crippen molar-refractivity contribution in [2.75, 3.05) is 13.2 Å². The number of rotatable bonds is 55. The van der Waals surface area contributed by atoms with Crippen molar-refractivity contribution in [3.63, 3.8) is 0 Å². The molecule has 0 aromatic heterocycles. The van der Waals surface area contributed by atoms with E-state index in [-0.39, 0.29) is 18.5 Å². The molecule has 0 heterocycles. The molecule has 0 rings (SSSR count). The minimum Gasteiger partial charge on any atom is -0.466 e. The number of aliphatic hydroxyl groups excluding tert-OH is 2. The van der Waals surface area contributed by atoms with Crippen LogP contribution in [0.25, 0.3) is 0 Å². The molecule has 0 saturated carbocycles. The average Bonchev–Trinajstić information content (AvgIpc) is 3.34. The van der Waals surface area contributed by atoms with E-state index in [1.54, 1.807) is 6.08 Å². The minimum atomic E-state index is -0.852. The smallest absolute Gasteiger partial charge is 0.305 e. The van der Waals surface area contributed by atoms with Crippen molar-refractivity contribution in [1.82, 2.24) is 5.32 Å². The summed E-state index contributed by atoms with van der Waals surface area (Å²) in [6, 6.07) is -0.636. The van der Waals surface area contributed by atoms with Gasteiger partial charge in [0.15, 0.2) is 0 Å². The molecule has 2 atom stereocenters. The zero-order valence-corrected chi connectivity index (χ0v) is 45.3. The van der Waals surface area contributed by atoms with E-state index >= 15 is 0 Å². The molecule has 6 nitrogen and oxygen atoms in total. The molecule has 68 heavy (non-hydrogen) atoms.